The van der Waals surface area contributed by atoms with Gasteiger partial charge < -0.3 is 5.32 Å². The topological polar surface area (TPSA) is 12.0 Å². The third kappa shape index (κ3) is 2.23. The van der Waals surface area contributed by atoms with Gasteiger partial charge in [0.15, 0.2) is 0 Å². The van der Waals surface area contributed by atoms with Gasteiger partial charge in [-0.3, -0.25) is 0 Å². The van der Waals surface area contributed by atoms with Crippen LogP contribution >= 0.6 is 11.8 Å². The van der Waals surface area contributed by atoms with Gasteiger partial charge in [0.1, 0.15) is 0 Å². The molecule has 1 fully saturated rings. The van der Waals surface area contributed by atoms with Crippen LogP contribution in [0.5, 0.6) is 0 Å². The predicted molar refractivity (Wildman–Crippen MR) is 108 cm³/mol. The second kappa shape index (κ2) is 5.54. The Labute approximate surface area is 155 Å². The summed E-state index contributed by atoms with van der Waals surface area (Å²) < 4.78 is 0. The molecule has 3 aliphatic rings. The molecule has 2 aliphatic heterocycles. The number of aryl methyl sites for hydroxylation is 1. The number of rotatable bonds is 1. The number of thioether (sulfide) groups is 1. The highest BCUT2D eigenvalue weighted by Gasteiger charge is 2.52. The molecule has 0 saturated heterocycles. The van der Waals surface area contributed by atoms with Crippen LogP contribution in [0.3, 0.4) is 0 Å². The van der Waals surface area contributed by atoms with Crippen molar-refractivity contribution in [3.8, 4) is 0 Å². The van der Waals surface area contributed by atoms with Gasteiger partial charge in [0, 0.05) is 33.7 Å². The molecule has 2 heterocycles. The molecule has 1 saturated carbocycles. The highest BCUT2D eigenvalue weighted by atomic mass is 32.2. The highest BCUT2D eigenvalue weighted by Crippen LogP contribution is 2.63. The monoisotopic (exact) mass is 349 g/mol. The summed E-state index contributed by atoms with van der Waals surface area (Å²) in [5.41, 5.74) is 7.61. The zero-order valence-corrected chi connectivity index (χ0v) is 16.4. The van der Waals surface area contributed by atoms with Gasteiger partial charge >= 0.3 is 0 Å². The van der Waals surface area contributed by atoms with Gasteiger partial charge in [0.25, 0.3) is 0 Å². The molecular formula is C23H27NS. The lowest BCUT2D eigenvalue weighted by atomic mass is 9.84. The van der Waals surface area contributed by atoms with Gasteiger partial charge in [-0.05, 0) is 54.9 Å². The SMILES string of the molecule is Cc1cc2c(c(C3C(C)C(C)C4c5ccccc5SC43)c1)NC(C)C2. The Morgan fingerprint density at radius 1 is 0.960 bits per heavy atom. The van der Waals surface area contributed by atoms with Gasteiger partial charge in [-0.25, -0.2) is 0 Å². The molecule has 0 radical (unpaired) electrons. The van der Waals surface area contributed by atoms with E-state index in [4.69, 9.17) is 0 Å². The molecule has 130 valence electrons. The Bertz CT molecular complexity index is 842. The third-order valence-electron chi connectivity index (χ3n) is 6.88. The Balaban J connectivity index is 1.63. The minimum absolute atomic E-state index is 0.564. The van der Waals surface area contributed by atoms with Crippen LogP contribution in [0.15, 0.2) is 41.3 Å². The number of anilines is 1. The molecule has 2 aromatic rings. The molecule has 6 atom stereocenters. The molecule has 2 aromatic carbocycles. The van der Waals surface area contributed by atoms with Crippen LogP contribution in [0.2, 0.25) is 0 Å². The van der Waals surface area contributed by atoms with E-state index in [0.29, 0.717) is 23.1 Å². The zero-order chi connectivity index (χ0) is 17.3. The smallest absolute Gasteiger partial charge is 0.0411 e. The van der Waals surface area contributed by atoms with Crippen LogP contribution in [0.4, 0.5) is 5.69 Å². The molecule has 0 aromatic heterocycles. The molecule has 0 spiro atoms. The normalized spacial score (nSPS) is 35.2. The maximum atomic E-state index is 3.80. The van der Waals surface area contributed by atoms with Crippen LogP contribution in [0.1, 0.15) is 54.9 Å². The standard InChI is InChI=1S/C23H27NS/c1-12-9-16-11-13(2)24-22(16)18(10-12)21-15(4)14(3)20-17-7-5-6-8-19(17)25-23(20)21/h5-10,13-15,20-21,23-24H,11H2,1-4H3. The average molecular weight is 350 g/mol. The van der Waals surface area contributed by atoms with Crippen molar-refractivity contribution in [3.63, 3.8) is 0 Å². The van der Waals surface area contributed by atoms with Crippen LogP contribution in [0, 0.1) is 18.8 Å². The zero-order valence-electron chi connectivity index (χ0n) is 15.5. The first kappa shape index (κ1) is 15.8. The fraction of sp³-hybridized carbons (Fsp3) is 0.478. The van der Waals surface area contributed by atoms with Crippen molar-refractivity contribution in [1.82, 2.24) is 0 Å². The summed E-state index contributed by atoms with van der Waals surface area (Å²) in [5, 5.41) is 4.48. The largest absolute Gasteiger partial charge is 0.382 e. The molecular weight excluding hydrogens is 322 g/mol. The van der Waals surface area contributed by atoms with Crippen LogP contribution < -0.4 is 5.32 Å². The predicted octanol–water partition coefficient (Wildman–Crippen LogP) is 5.98. The Kier molecular flexibility index (Phi) is 3.51. The number of hydrogen-bond donors (Lipinski definition) is 1. The molecule has 6 unspecified atom stereocenters. The van der Waals surface area contributed by atoms with E-state index in [1.165, 1.54) is 28.1 Å². The summed E-state index contributed by atoms with van der Waals surface area (Å²) >= 11 is 2.14. The van der Waals surface area contributed by atoms with Crippen molar-refractivity contribution in [1.29, 1.82) is 0 Å². The van der Waals surface area contributed by atoms with Crippen molar-refractivity contribution in [2.75, 3.05) is 5.32 Å². The van der Waals surface area contributed by atoms with Crippen LogP contribution in [-0.4, -0.2) is 11.3 Å². The van der Waals surface area contributed by atoms with Gasteiger partial charge in [0.05, 0.1) is 0 Å². The van der Waals surface area contributed by atoms with E-state index in [9.17, 15) is 0 Å². The minimum Gasteiger partial charge on any atom is -0.382 e. The summed E-state index contributed by atoms with van der Waals surface area (Å²) in [6.07, 6.45) is 1.17. The van der Waals surface area contributed by atoms with Gasteiger partial charge in [0.2, 0.25) is 0 Å². The second-order valence-corrected chi connectivity index (χ2v) is 9.75. The summed E-state index contributed by atoms with van der Waals surface area (Å²) in [4.78, 5) is 1.52. The Morgan fingerprint density at radius 2 is 1.68 bits per heavy atom. The minimum atomic E-state index is 0.564. The van der Waals surface area contributed by atoms with E-state index in [1.54, 1.807) is 11.1 Å². The summed E-state index contributed by atoms with van der Waals surface area (Å²) in [6.45, 7) is 9.55. The molecule has 1 N–H and O–H groups in total. The summed E-state index contributed by atoms with van der Waals surface area (Å²) in [7, 11) is 0. The fourth-order valence-electron chi connectivity index (χ4n) is 5.67. The molecule has 2 heteroatoms. The first-order valence-electron chi connectivity index (χ1n) is 9.70. The lowest BCUT2D eigenvalue weighted by molar-refractivity contribution is 0.401. The van der Waals surface area contributed by atoms with Crippen molar-refractivity contribution >= 4 is 17.4 Å². The van der Waals surface area contributed by atoms with Crippen molar-refractivity contribution in [3.05, 3.63) is 58.7 Å². The lowest BCUT2D eigenvalue weighted by Crippen LogP contribution is -2.17. The quantitative estimate of drug-likeness (QED) is 0.680. The van der Waals surface area contributed by atoms with E-state index in [1.807, 2.05) is 0 Å². The lowest BCUT2D eigenvalue weighted by Gasteiger charge is -2.26. The average Bonchev–Trinajstić information content (AvgIpc) is 3.19. The molecule has 5 rings (SSSR count). The van der Waals surface area contributed by atoms with Gasteiger partial charge in [-0.15, -0.1) is 11.8 Å². The van der Waals surface area contributed by atoms with Gasteiger partial charge in [-0.2, -0.15) is 0 Å². The molecule has 0 bridgehead atoms. The van der Waals surface area contributed by atoms with E-state index >= 15 is 0 Å². The molecule has 0 amide bonds. The number of benzene rings is 2. The van der Waals surface area contributed by atoms with E-state index in [-0.39, 0.29) is 0 Å². The third-order valence-corrected chi connectivity index (χ3v) is 8.37. The maximum Gasteiger partial charge on any atom is 0.0411 e. The Hall–Kier alpha value is -1.41. The van der Waals surface area contributed by atoms with Gasteiger partial charge in [-0.1, -0.05) is 49.7 Å². The highest BCUT2D eigenvalue weighted by molar-refractivity contribution is 8.00. The number of nitrogens with one attached hydrogen (secondary N) is 1. The van der Waals surface area contributed by atoms with Crippen LogP contribution in [-0.2, 0) is 6.42 Å². The fourth-order valence-corrected chi connectivity index (χ4v) is 7.54. The number of fused-ring (bicyclic) bond motifs is 4. The molecule has 1 nitrogen and oxygen atoms in total. The second-order valence-electron chi connectivity index (χ2n) is 8.53. The summed E-state index contributed by atoms with van der Waals surface area (Å²) in [5.74, 6) is 2.81. The number of hydrogen-bond acceptors (Lipinski definition) is 2. The van der Waals surface area contributed by atoms with Crippen molar-refractivity contribution in [2.24, 2.45) is 11.8 Å². The van der Waals surface area contributed by atoms with Crippen LogP contribution in [0.25, 0.3) is 0 Å². The summed E-state index contributed by atoms with van der Waals surface area (Å²) in [6, 6.07) is 14.6. The van der Waals surface area contributed by atoms with E-state index < -0.39 is 0 Å². The molecule has 1 aliphatic carbocycles. The Morgan fingerprint density at radius 3 is 2.48 bits per heavy atom. The molecule has 25 heavy (non-hydrogen) atoms. The van der Waals surface area contributed by atoms with Crippen molar-refractivity contribution < 1.29 is 0 Å². The van der Waals surface area contributed by atoms with E-state index in [2.05, 4.69) is 81.2 Å². The maximum absolute atomic E-state index is 3.80. The first-order valence-corrected chi connectivity index (χ1v) is 10.6. The van der Waals surface area contributed by atoms with Crippen molar-refractivity contribution in [2.45, 2.75) is 62.1 Å². The first-order chi connectivity index (χ1) is 12.0. The van der Waals surface area contributed by atoms with E-state index in [0.717, 1.165) is 11.8 Å².